The molecule has 0 radical (unpaired) electrons. The molecule has 0 saturated heterocycles. The lowest BCUT2D eigenvalue weighted by molar-refractivity contribution is 0.205. The van der Waals surface area contributed by atoms with Gasteiger partial charge < -0.3 is 15.7 Å². The van der Waals surface area contributed by atoms with E-state index in [9.17, 15) is 0 Å². The van der Waals surface area contributed by atoms with Crippen LogP contribution < -0.4 is 10.5 Å². The van der Waals surface area contributed by atoms with Crippen molar-refractivity contribution in [3.63, 3.8) is 0 Å². The van der Waals surface area contributed by atoms with Crippen molar-refractivity contribution in [2.45, 2.75) is 52.1 Å². The van der Waals surface area contributed by atoms with Crippen LogP contribution in [0.3, 0.4) is 0 Å². The molecule has 1 atom stereocenters. The average molecular weight is 343 g/mol. The zero-order chi connectivity index (χ0) is 15.0. The van der Waals surface area contributed by atoms with Gasteiger partial charge in [-0.25, -0.2) is 0 Å². The van der Waals surface area contributed by atoms with Crippen molar-refractivity contribution < 1.29 is 9.94 Å². The van der Waals surface area contributed by atoms with Crippen LogP contribution in [-0.2, 0) is 0 Å². The molecule has 0 spiro atoms. The first-order valence-corrected chi connectivity index (χ1v) is 7.81. The summed E-state index contributed by atoms with van der Waals surface area (Å²) in [4.78, 5) is 0. The van der Waals surface area contributed by atoms with Gasteiger partial charge in [0.2, 0.25) is 0 Å². The molecule has 0 aliphatic heterocycles. The van der Waals surface area contributed by atoms with Crippen LogP contribution in [0, 0.1) is 0 Å². The lowest BCUT2D eigenvalue weighted by Gasteiger charge is -2.17. The van der Waals surface area contributed by atoms with Crippen molar-refractivity contribution >= 4 is 21.8 Å². The van der Waals surface area contributed by atoms with Crippen LogP contribution in [0.2, 0.25) is 0 Å². The molecule has 0 fully saturated rings. The molecule has 20 heavy (non-hydrogen) atoms. The third-order valence-electron chi connectivity index (χ3n) is 3.12. The summed E-state index contributed by atoms with van der Waals surface area (Å²) in [5, 5.41) is 11.9. The van der Waals surface area contributed by atoms with Crippen LogP contribution in [0.1, 0.15) is 51.5 Å². The maximum Gasteiger partial charge on any atom is 0.173 e. The molecular formula is C15H23BrN2O2. The first kappa shape index (κ1) is 16.8. The fraction of sp³-hybridized carbons (Fsp3) is 0.533. The Morgan fingerprint density at radius 2 is 2.15 bits per heavy atom. The maximum atomic E-state index is 8.81. The molecule has 0 heterocycles. The average Bonchev–Trinajstić information content (AvgIpc) is 2.43. The van der Waals surface area contributed by atoms with E-state index in [1.807, 2.05) is 19.1 Å². The Morgan fingerprint density at radius 1 is 1.40 bits per heavy atom. The van der Waals surface area contributed by atoms with E-state index in [1.165, 1.54) is 19.3 Å². The van der Waals surface area contributed by atoms with Crippen LogP contribution in [0.4, 0.5) is 0 Å². The summed E-state index contributed by atoms with van der Waals surface area (Å²) < 4.78 is 6.83. The number of halogens is 1. The Labute approximate surface area is 129 Å². The molecule has 4 nitrogen and oxygen atoms in total. The van der Waals surface area contributed by atoms with Gasteiger partial charge in [0.15, 0.2) is 5.84 Å². The van der Waals surface area contributed by atoms with E-state index in [2.05, 4.69) is 28.0 Å². The van der Waals surface area contributed by atoms with Crippen molar-refractivity contribution in [3.05, 3.63) is 28.2 Å². The second-order valence-electron chi connectivity index (χ2n) is 4.90. The van der Waals surface area contributed by atoms with E-state index in [4.69, 9.17) is 15.7 Å². The molecule has 0 aliphatic carbocycles. The highest BCUT2D eigenvalue weighted by atomic mass is 79.9. The van der Waals surface area contributed by atoms with Crippen molar-refractivity contribution in [2.75, 3.05) is 0 Å². The van der Waals surface area contributed by atoms with Crippen molar-refractivity contribution in [1.82, 2.24) is 0 Å². The Morgan fingerprint density at radius 3 is 2.80 bits per heavy atom. The summed E-state index contributed by atoms with van der Waals surface area (Å²) in [6.07, 6.45) is 5.99. The van der Waals surface area contributed by atoms with Crippen LogP contribution in [-0.4, -0.2) is 17.1 Å². The highest BCUT2D eigenvalue weighted by Crippen LogP contribution is 2.25. The topological polar surface area (TPSA) is 67.8 Å². The predicted molar refractivity (Wildman–Crippen MR) is 85.5 cm³/mol. The van der Waals surface area contributed by atoms with E-state index < -0.39 is 0 Å². The highest BCUT2D eigenvalue weighted by molar-refractivity contribution is 9.10. The maximum absolute atomic E-state index is 8.81. The minimum Gasteiger partial charge on any atom is -0.490 e. The number of nitrogens with zero attached hydrogens (tertiary/aromatic N) is 1. The smallest absolute Gasteiger partial charge is 0.173 e. The number of benzene rings is 1. The predicted octanol–water partition coefficient (Wildman–Crippen LogP) is 4.28. The third kappa shape index (κ3) is 5.41. The van der Waals surface area contributed by atoms with E-state index >= 15 is 0 Å². The summed E-state index contributed by atoms with van der Waals surface area (Å²) in [6.45, 7) is 4.24. The number of ether oxygens (including phenoxy) is 1. The second-order valence-corrected chi connectivity index (χ2v) is 5.82. The van der Waals surface area contributed by atoms with E-state index in [-0.39, 0.29) is 11.9 Å². The lowest BCUT2D eigenvalue weighted by Crippen LogP contribution is -2.18. The van der Waals surface area contributed by atoms with Gasteiger partial charge in [0.25, 0.3) is 0 Å². The van der Waals surface area contributed by atoms with E-state index in [0.29, 0.717) is 11.3 Å². The van der Waals surface area contributed by atoms with Crippen LogP contribution >= 0.6 is 15.9 Å². The number of hydrogen-bond donors (Lipinski definition) is 2. The molecule has 0 saturated carbocycles. The van der Waals surface area contributed by atoms with Gasteiger partial charge in [0, 0.05) is 4.47 Å². The normalized spacial score (nSPS) is 13.2. The number of oxime groups is 1. The Kier molecular flexibility index (Phi) is 7.44. The number of nitrogens with two attached hydrogens (primary N) is 1. The number of amidine groups is 1. The molecule has 112 valence electrons. The molecule has 5 heteroatoms. The SMILES string of the molecule is CCCCCCC(C)Oc1cc(Br)ccc1/C(N)=N/O. The third-order valence-corrected chi connectivity index (χ3v) is 3.61. The summed E-state index contributed by atoms with van der Waals surface area (Å²) in [6, 6.07) is 5.46. The molecule has 3 N–H and O–H groups in total. The van der Waals surface area contributed by atoms with Gasteiger partial charge in [-0.2, -0.15) is 0 Å². The molecular weight excluding hydrogens is 320 g/mol. The van der Waals surface area contributed by atoms with Gasteiger partial charge in [0.05, 0.1) is 11.7 Å². The Bertz CT molecular complexity index is 449. The van der Waals surface area contributed by atoms with Gasteiger partial charge in [-0.15, -0.1) is 0 Å². The van der Waals surface area contributed by atoms with Gasteiger partial charge >= 0.3 is 0 Å². The summed E-state index contributed by atoms with van der Waals surface area (Å²) >= 11 is 3.41. The number of hydrogen-bond acceptors (Lipinski definition) is 3. The second kappa shape index (κ2) is 8.84. The van der Waals surface area contributed by atoms with Gasteiger partial charge in [-0.3, -0.25) is 0 Å². The van der Waals surface area contributed by atoms with Gasteiger partial charge in [-0.1, -0.05) is 47.3 Å². The quantitative estimate of drug-likeness (QED) is 0.243. The fourth-order valence-corrected chi connectivity index (χ4v) is 2.33. The minimum atomic E-state index is 0.0608. The molecule has 1 aromatic carbocycles. The van der Waals surface area contributed by atoms with Crippen LogP contribution in [0.25, 0.3) is 0 Å². The number of unbranched alkanes of at least 4 members (excludes halogenated alkanes) is 3. The molecule has 0 amide bonds. The highest BCUT2D eigenvalue weighted by Gasteiger charge is 2.12. The van der Waals surface area contributed by atoms with Crippen molar-refractivity contribution in [3.8, 4) is 5.75 Å². The first-order valence-electron chi connectivity index (χ1n) is 7.02. The summed E-state index contributed by atoms with van der Waals surface area (Å²) in [5.74, 6) is 0.698. The molecule has 0 aromatic heterocycles. The fourth-order valence-electron chi connectivity index (χ4n) is 1.99. The van der Waals surface area contributed by atoms with Gasteiger partial charge in [-0.05, 0) is 38.0 Å². The van der Waals surface area contributed by atoms with Crippen LogP contribution in [0.15, 0.2) is 27.8 Å². The first-order chi connectivity index (χ1) is 9.58. The van der Waals surface area contributed by atoms with Crippen LogP contribution in [0.5, 0.6) is 5.75 Å². The minimum absolute atomic E-state index is 0.0608. The van der Waals surface area contributed by atoms with E-state index in [0.717, 1.165) is 17.3 Å². The molecule has 1 aromatic rings. The molecule has 1 rings (SSSR count). The number of rotatable bonds is 8. The standard InChI is InChI=1S/C15H23BrN2O2/c1-3-4-5-6-7-11(2)20-14-10-12(16)8-9-13(14)15(17)18-19/h8-11,19H,3-7H2,1-2H3,(H2,17,18). The van der Waals surface area contributed by atoms with E-state index in [1.54, 1.807) is 6.07 Å². The monoisotopic (exact) mass is 342 g/mol. The van der Waals surface area contributed by atoms with Crippen molar-refractivity contribution in [2.24, 2.45) is 10.9 Å². The Hall–Kier alpha value is -1.23. The Balaban J connectivity index is 2.68. The van der Waals surface area contributed by atoms with Gasteiger partial charge in [0.1, 0.15) is 5.75 Å². The summed E-state index contributed by atoms with van der Waals surface area (Å²) in [5.41, 5.74) is 6.27. The zero-order valence-electron chi connectivity index (χ0n) is 12.1. The summed E-state index contributed by atoms with van der Waals surface area (Å²) in [7, 11) is 0. The molecule has 0 bridgehead atoms. The lowest BCUT2D eigenvalue weighted by atomic mass is 10.1. The molecule has 0 aliphatic rings. The zero-order valence-corrected chi connectivity index (χ0v) is 13.7. The largest absolute Gasteiger partial charge is 0.490 e. The molecule has 1 unspecified atom stereocenters. The van der Waals surface area contributed by atoms with Crippen molar-refractivity contribution in [1.29, 1.82) is 0 Å².